The average molecular weight is 380 g/mol. The van der Waals surface area contributed by atoms with E-state index < -0.39 is 11.6 Å². The Bertz CT molecular complexity index is 680. The van der Waals surface area contributed by atoms with Crippen molar-refractivity contribution in [2.24, 2.45) is 5.92 Å². The number of piperidine rings is 1. The van der Waals surface area contributed by atoms with E-state index in [0.717, 1.165) is 57.5 Å². The highest BCUT2D eigenvalue weighted by molar-refractivity contribution is 5.92. The van der Waals surface area contributed by atoms with Crippen LogP contribution in [-0.4, -0.2) is 55.5 Å². The molecule has 148 valence electrons. The highest BCUT2D eigenvalue weighted by atomic mass is 19.2. The third kappa shape index (κ3) is 5.71. The number of anilines is 1. The van der Waals surface area contributed by atoms with E-state index in [1.165, 1.54) is 6.07 Å². The molecule has 2 heterocycles. The number of nitrogens with one attached hydrogen (secondary N) is 3. The minimum Gasteiger partial charge on any atom is -0.354 e. The van der Waals surface area contributed by atoms with Crippen LogP contribution >= 0.6 is 0 Å². The largest absolute Gasteiger partial charge is 0.354 e. The molecule has 1 aromatic carbocycles. The van der Waals surface area contributed by atoms with Crippen LogP contribution in [0.25, 0.3) is 0 Å². The molecule has 0 aromatic heterocycles. The summed E-state index contributed by atoms with van der Waals surface area (Å²) in [5.74, 6) is -1.83. The van der Waals surface area contributed by atoms with Gasteiger partial charge in [0, 0.05) is 24.8 Å². The van der Waals surface area contributed by atoms with E-state index in [2.05, 4.69) is 16.0 Å². The number of hydrogen-bond acceptors (Lipinski definition) is 4. The molecule has 2 saturated heterocycles. The summed E-state index contributed by atoms with van der Waals surface area (Å²) in [6, 6.07) is 3.22. The molecule has 2 aliphatic heterocycles. The predicted octanol–water partition coefficient (Wildman–Crippen LogP) is 1.48. The zero-order valence-electron chi connectivity index (χ0n) is 15.3. The first-order chi connectivity index (χ1) is 13.0. The molecule has 2 fully saturated rings. The van der Waals surface area contributed by atoms with E-state index >= 15 is 0 Å². The van der Waals surface area contributed by atoms with Crippen LogP contribution < -0.4 is 16.0 Å². The summed E-state index contributed by atoms with van der Waals surface area (Å²) in [5.41, 5.74) is 0.240. The quantitative estimate of drug-likeness (QED) is 0.699. The molecule has 0 spiro atoms. The number of carbonyl (C=O) groups excluding carboxylic acids is 2. The first-order valence-electron chi connectivity index (χ1n) is 9.49. The van der Waals surface area contributed by atoms with Gasteiger partial charge in [-0.2, -0.15) is 0 Å². The van der Waals surface area contributed by atoms with Gasteiger partial charge in [-0.25, -0.2) is 8.78 Å². The maximum Gasteiger partial charge on any atom is 0.238 e. The van der Waals surface area contributed by atoms with Crippen molar-refractivity contribution < 1.29 is 18.4 Å². The highest BCUT2D eigenvalue weighted by Gasteiger charge is 2.25. The van der Waals surface area contributed by atoms with Gasteiger partial charge in [-0.1, -0.05) is 0 Å². The van der Waals surface area contributed by atoms with Crippen molar-refractivity contribution >= 4 is 17.5 Å². The second kappa shape index (κ2) is 9.23. The predicted molar refractivity (Wildman–Crippen MR) is 98.2 cm³/mol. The fraction of sp³-hybridized carbons (Fsp3) is 0.579. The molecule has 2 amide bonds. The number of nitrogens with zero attached hydrogens (tertiary/aromatic N) is 1. The molecular formula is C19H26F2N4O2. The fourth-order valence-electron chi connectivity index (χ4n) is 3.72. The third-order valence-electron chi connectivity index (χ3n) is 5.12. The zero-order chi connectivity index (χ0) is 19.2. The van der Waals surface area contributed by atoms with E-state index in [1.807, 2.05) is 4.90 Å². The van der Waals surface area contributed by atoms with E-state index in [4.69, 9.17) is 0 Å². The highest BCUT2D eigenvalue weighted by Crippen LogP contribution is 2.17. The van der Waals surface area contributed by atoms with Gasteiger partial charge in [-0.05, 0) is 56.8 Å². The summed E-state index contributed by atoms with van der Waals surface area (Å²) in [4.78, 5) is 26.3. The Morgan fingerprint density at radius 3 is 2.78 bits per heavy atom. The molecule has 3 N–H and O–H groups in total. The molecule has 2 atom stereocenters. The van der Waals surface area contributed by atoms with Crippen molar-refractivity contribution in [1.29, 1.82) is 0 Å². The Morgan fingerprint density at radius 1 is 1.19 bits per heavy atom. The molecule has 0 radical (unpaired) electrons. The van der Waals surface area contributed by atoms with E-state index in [9.17, 15) is 18.4 Å². The number of benzene rings is 1. The number of rotatable bonds is 6. The lowest BCUT2D eigenvalue weighted by Crippen LogP contribution is -2.46. The normalized spacial score (nSPS) is 23.2. The summed E-state index contributed by atoms with van der Waals surface area (Å²) < 4.78 is 26.2. The first-order valence-corrected chi connectivity index (χ1v) is 9.49. The van der Waals surface area contributed by atoms with Gasteiger partial charge in [0.15, 0.2) is 11.6 Å². The Hall–Kier alpha value is -2.06. The maximum atomic E-state index is 13.2. The van der Waals surface area contributed by atoms with Crippen LogP contribution in [0, 0.1) is 17.6 Å². The average Bonchev–Trinajstić information content (AvgIpc) is 3.18. The van der Waals surface area contributed by atoms with Gasteiger partial charge in [0.05, 0.1) is 12.6 Å². The monoisotopic (exact) mass is 380 g/mol. The van der Waals surface area contributed by atoms with Gasteiger partial charge >= 0.3 is 0 Å². The zero-order valence-corrected chi connectivity index (χ0v) is 15.3. The van der Waals surface area contributed by atoms with Crippen molar-refractivity contribution in [3.8, 4) is 0 Å². The van der Waals surface area contributed by atoms with Gasteiger partial charge in [0.1, 0.15) is 0 Å². The van der Waals surface area contributed by atoms with Gasteiger partial charge in [-0.15, -0.1) is 0 Å². The van der Waals surface area contributed by atoms with E-state index in [1.54, 1.807) is 0 Å². The Morgan fingerprint density at radius 2 is 2.04 bits per heavy atom. The molecule has 2 aliphatic rings. The minimum absolute atomic E-state index is 0.0562. The Balaban J connectivity index is 1.42. The van der Waals surface area contributed by atoms with Crippen LogP contribution in [0.5, 0.6) is 0 Å². The summed E-state index contributed by atoms with van der Waals surface area (Å²) in [5, 5.41) is 8.79. The number of hydrogen-bond donors (Lipinski definition) is 3. The van der Waals surface area contributed by atoms with Gasteiger partial charge in [-0.3, -0.25) is 14.5 Å². The topological polar surface area (TPSA) is 73.5 Å². The van der Waals surface area contributed by atoms with Gasteiger partial charge in [0.2, 0.25) is 11.8 Å². The lowest BCUT2D eigenvalue weighted by molar-refractivity contribution is -0.123. The van der Waals surface area contributed by atoms with Crippen LogP contribution in [0.15, 0.2) is 18.2 Å². The van der Waals surface area contributed by atoms with Crippen LogP contribution in [0.4, 0.5) is 14.5 Å². The summed E-state index contributed by atoms with van der Waals surface area (Å²) in [6.07, 6.45) is 3.88. The van der Waals surface area contributed by atoms with E-state index in [0.29, 0.717) is 12.5 Å². The van der Waals surface area contributed by atoms with Crippen molar-refractivity contribution in [2.75, 3.05) is 38.0 Å². The van der Waals surface area contributed by atoms with Crippen LogP contribution in [0.3, 0.4) is 0 Å². The smallest absolute Gasteiger partial charge is 0.238 e. The lowest BCUT2D eigenvalue weighted by atomic mass is 9.98. The first kappa shape index (κ1) is 19.7. The molecule has 6 nitrogen and oxygen atoms in total. The van der Waals surface area contributed by atoms with Crippen molar-refractivity contribution in [3.63, 3.8) is 0 Å². The molecule has 27 heavy (non-hydrogen) atoms. The Kier molecular flexibility index (Phi) is 6.73. The standard InChI is InChI=1S/C19H26F2N4O2/c20-15-6-5-14(9-16(15)21)24-18(26)12-25-8-2-3-13(11-25)10-23-19(27)17-4-1-7-22-17/h5-6,9,13,17,22H,1-4,7-8,10-12H2,(H,23,27)(H,24,26). The molecule has 3 rings (SSSR count). The van der Waals surface area contributed by atoms with Crippen LogP contribution in [-0.2, 0) is 9.59 Å². The molecular weight excluding hydrogens is 354 g/mol. The molecule has 2 unspecified atom stereocenters. The molecule has 0 saturated carbocycles. The number of carbonyl (C=O) groups is 2. The molecule has 0 bridgehead atoms. The Labute approximate surface area is 157 Å². The van der Waals surface area contributed by atoms with Gasteiger partial charge in [0.25, 0.3) is 0 Å². The number of halogens is 2. The fourth-order valence-corrected chi connectivity index (χ4v) is 3.72. The van der Waals surface area contributed by atoms with Crippen molar-refractivity contribution in [2.45, 2.75) is 31.7 Å². The third-order valence-corrected chi connectivity index (χ3v) is 5.12. The summed E-state index contributed by atoms with van der Waals surface area (Å²) in [7, 11) is 0. The second-order valence-corrected chi connectivity index (χ2v) is 7.31. The molecule has 8 heteroatoms. The van der Waals surface area contributed by atoms with Crippen molar-refractivity contribution in [1.82, 2.24) is 15.5 Å². The lowest BCUT2D eigenvalue weighted by Gasteiger charge is -2.32. The van der Waals surface area contributed by atoms with Crippen LogP contribution in [0.2, 0.25) is 0 Å². The molecule has 0 aliphatic carbocycles. The van der Waals surface area contributed by atoms with Crippen LogP contribution in [0.1, 0.15) is 25.7 Å². The van der Waals surface area contributed by atoms with Gasteiger partial charge < -0.3 is 16.0 Å². The number of amides is 2. The van der Waals surface area contributed by atoms with Crippen molar-refractivity contribution in [3.05, 3.63) is 29.8 Å². The second-order valence-electron chi connectivity index (χ2n) is 7.31. The minimum atomic E-state index is -0.988. The summed E-state index contributed by atoms with van der Waals surface area (Å²) in [6.45, 7) is 3.22. The SMILES string of the molecule is O=C(CN1CCCC(CNC(=O)C2CCCN2)C1)Nc1ccc(F)c(F)c1. The summed E-state index contributed by atoms with van der Waals surface area (Å²) >= 11 is 0. The number of likely N-dealkylation sites (tertiary alicyclic amines) is 1. The maximum absolute atomic E-state index is 13.2. The van der Waals surface area contributed by atoms with E-state index in [-0.39, 0.29) is 30.1 Å². The molecule has 1 aromatic rings.